The Kier molecular flexibility index (Phi) is 6.09. The molecule has 8 heteroatoms. The van der Waals surface area contributed by atoms with E-state index in [2.05, 4.69) is 5.32 Å². The van der Waals surface area contributed by atoms with Crippen LogP contribution in [0, 0.1) is 5.82 Å². The topological polar surface area (TPSA) is 83.1 Å². The maximum atomic E-state index is 13.4. The number of esters is 1. The number of hydrogen-bond donors (Lipinski definition) is 1. The number of hydrogen-bond acceptors (Lipinski definition) is 6. The van der Waals surface area contributed by atoms with Crippen molar-refractivity contribution in [2.24, 2.45) is 0 Å². The first-order valence-electron chi connectivity index (χ1n) is 8.30. The number of carbonyl (C=O) groups is 2. The molecule has 0 saturated heterocycles. The summed E-state index contributed by atoms with van der Waals surface area (Å²) in [7, 11) is 0. The van der Waals surface area contributed by atoms with Gasteiger partial charge in [0, 0.05) is 0 Å². The van der Waals surface area contributed by atoms with Gasteiger partial charge in [-0.05, 0) is 24.3 Å². The molecule has 2 aromatic carbocycles. The molecule has 3 rings (SSSR count). The van der Waals surface area contributed by atoms with Crippen molar-refractivity contribution in [3.8, 4) is 17.2 Å². The molecule has 0 saturated carbocycles. The smallest absolute Gasteiger partial charge is 0.344 e. The van der Waals surface area contributed by atoms with Crippen molar-refractivity contribution in [1.82, 2.24) is 5.32 Å². The van der Waals surface area contributed by atoms with Gasteiger partial charge in [0.25, 0.3) is 5.91 Å². The third kappa shape index (κ3) is 5.34. The van der Waals surface area contributed by atoms with Crippen molar-refractivity contribution in [2.45, 2.75) is 6.10 Å². The lowest BCUT2D eigenvalue weighted by Crippen LogP contribution is -2.42. The molecule has 0 aliphatic carbocycles. The molecule has 0 bridgehead atoms. The number of carbonyl (C=O) groups excluding carboxylic acids is 2. The molecule has 1 amide bonds. The minimum Gasteiger partial charge on any atom is -0.486 e. The van der Waals surface area contributed by atoms with Crippen LogP contribution in [0.4, 0.5) is 4.39 Å². The van der Waals surface area contributed by atoms with Crippen LogP contribution in [-0.4, -0.2) is 44.3 Å². The summed E-state index contributed by atoms with van der Waals surface area (Å²) in [5.41, 5.74) is 0. The van der Waals surface area contributed by atoms with Crippen molar-refractivity contribution in [3.63, 3.8) is 0 Å². The van der Waals surface area contributed by atoms with Crippen LogP contribution in [0.25, 0.3) is 0 Å². The summed E-state index contributed by atoms with van der Waals surface area (Å²) < 4.78 is 34.4. The van der Waals surface area contributed by atoms with Crippen molar-refractivity contribution in [3.05, 3.63) is 54.3 Å². The Morgan fingerprint density at radius 2 is 1.81 bits per heavy atom. The first-order chi connectivity index (χ1) is 13.1. The van der Waals surface area contributed by atoms with Gasteiger partial charge in [-0.3, -0.25) is 4.79 Å². The van der Waals surface area contributed by atoms with Crippen molar-refractivity contribution < 1.29 is 32.9 Å². The lowest BCUT2D eigenvalue weighted by atomic mass is 10.2. The van der Waals surface area contributed by atoms with Crippen LogP contribution >= 0.6 is 0 Å². The molecular formula is C19H18FNO6. The zero-order chi connectivity index (χ0) is 19.1. The van der Waals surface area contributed by atoms with Gasteiger partial charge >= 0.3 is 5.97 Å². The van der Waals surface area contributed by atoms with E-state index in [0.29, 0.717) is 18.1 Å². The molecule has 1 heterocycles. The second-order valence-electron chi connectivity index (χ2n) is 5.68. The third-order valence-corrected chi connectivity index (χ3v) is 3.64. The van der Waals surface area contributed by atoms with Gasteiger partial charge in [0.05, 0.1) is 6.54 Å². The fraction of sp³-hybridized carbons (Fsp3) is 0.263. The van der Waals surface area contributed by atoms with E-state index in [-0.39, 0.29) is 18.4 Å². The highest BCUT2D eigenvalue weighted by atomic mass is 19.1. The summed E-state index contributed by atoms with van der Waals surface area (Å²) in [5.74, 6) is -0.646. The molecule has 2 aromatic rings. The Labute approximate surface area is 155 Å². The molecule has 142 valence electrons. The van der Waals surface area contributed by atoms with E-state index in [0.717, 1.165) is 0 Å². The Bertz CT molecular complexity index is 812. The van der Waals surface area contributed by atoms with Crippen LogP contribution in [0.5, 0.6) is 17.2 Å². The zero-order valence-corrected chi connectivity index (χ0v) is 14.4. The average molecular weight is 375 g/mol. The minimum absolute atomic E-state index is 0.0615. The third-order valence-electron chi connectivity index (χ3n) is 3.64. The van der Waals surface area contributed by atoms with Crippen molar-refractivity contribution in [2.75, 3.05) is 26.4 Å². The van der Waals surface area contributed by atoms with E-state index in [1.165, 1.54) is 18.2 Å². The van der Waals surface area contributed by atoms with Crippen LogP contribution in [0.15, 0.2) is 48.5 Å². The van der Waals surface area contributed by atoms with Crippen LogP contribution in [0.1, 0.15) is 0 Å². The second-order valence-corrected chi connectivity index (χ2v) is 5.68. The Balaban J connectivity index is 1.34. The van der Waals surface area contributed by atoms with E-state index >= 15 is 0 Å². The molecule has 0 aromatic heterocycles. The van der Waals surface area contributed by atoms with E-state index in [9.17, 15) is 14.0 Å². The average Bonchev–Trinajstić information content (AvgIpc) is 2.70. The van der Waals surface area contributed by atoms with E-state index in [1.807, 2.05) is 12.1 Å². The van der Waals surface area contributed by atoms with Gasteiger partial charge in [-0.25, -0.2) is 9.18 Å². The summed E-state index contributed by atoms with van der Waals surface area (Å²) in [6, 6.07) is 12.9. The van der Waals surface area contributed by atoms with Gasteiger partial charge in [-0.1, -0.05) is 24.3 Å². The number of benzene rings is 2. The lowest BCUT2D eigenvalue weighted by Gasteiger charge is -2.26. The van der Waals surface area contributed by atoms with E-state index in [4.69, 9.17) is 18.9 Å². The predicted molar refractivity (Wildman–Crippen MR) is 92.2 cm³/mol. The fourth-order valence-corrected chi connectivity index (χ4v) is 2.33. The lowest BCUT2D eigenvalue weighted by molar-refractivity contribution is -0.150. The number of rotatable bonds is 7. The maximum Gasteiger partial charge on any atom is 0.344 e. The molecule has 0 radical (unpaired) electrons. The number of nitrogens with one attached hydrogen (secondary N) is 1. The van der Waals surface area contributed by atoms with E-state index in [1.54, 1.807) is 18.2 Å². The standard InChI is InChI=1S/C19H18FNO6/c20-14-5-1-2-6-15(14)25-12-19(23)26-11-18(22)21-9-13-10-24-16-7-3-4-8-17(16)27-13/h1-8,13H,9-12H2,(H,21,22)/t13-/m0/s1. The first kappa shape index (κ1) is 18.5. The first-order valence-corrected chi connectivity index (χ1v) is 8.30. The van der Waals surface area contributed by atoms with Crippen LogP contribution in [-0.2, 0) is 14.3 Å². The highest BCUT2D eigenvalue weighted by Crippen LogP contribution is 2.30. The van der Waals surface area contributed by atoms with Gasteiger partial charge in [0.15, 0.2) is 36.3 Å². The number of fused-ring (bicyclic) bond motifs is 1. The molecule has 0 spiro atoms. The summed E-state index contributed by atoms with van der Waals surface area (Å²) in [6.07, 6.45) is -0.344. The van der Waals surface area contributed by atoms with Gasteiger partial charge < -0.3 is 24.3 Å². The molecule has 1 aliphatic heterocycles. The molecule has 0 fully saturated rings. The summed E-state index contributed by atoms with van der Waals surface area (Å²) in [5, 5.41) is 2.60. The summed E-state index contributed by atoms with van der Waals surface area (Å²) in [4.78, 5) is 23.4. The monoisotopic (exact) mass is 375 g/mol. The molecule has 27 heavy (non-hydrogen) atoms. The minimum atomic E-state index is -0.778. The zero-order valence-electron chi connectivity index (χ0n) is 14.4. The molecule has 0 unspecified atom stereocenters. The summed E-state index contributed by atoms with van der Waals surface area (Å²) in [6.45, 7) is -0.460. The number of para-hydroxylation sites is 3. The Morgan fingerprint density at radius 3 is 2.63 bits per heavy atom. The normalized spacial score (nSPS) is 14.9. The predicted octanol–water partition coefficient (Wildman–Crippen LogP) is 1.70. The number of amides is 1. The van der Waals surface area contributed by atoms with Crippen LogP contribution < -0.4 is 19.5 Å². The molecular weight excluding hydrogens is 357 g/mol. The molecule has 7 nitrogen and oxygen atoms in total. The maximum absolute atomic E-state index is 13.4. The van der Waals surface area contributed by atoms with Crippen molar-refractivity contribution in [1.29, 1.82) is 0 Å². The Hall–Kier alpha value is -3.29. The largest absolute Gasteiger partial charge is 0.486 e. The molecule has 1 aliphatic rings. The Morgan fingerprint density at radius 1 is 1.07 bits per heavy atom. The quantitative estimate of drug-likeness (QED) is 0.742. The fourth-order valence-electron chi connectivity index (χ4n) is 2.33. The van der Waals surface area contributed by atoms with Crippen LogP contribution in [0.3, 0.4) is 0 Å². The van der Waals surface area contributed by atoms with Gasteiger partial charge in [-0.2, -0.15) is 0 Å². The van der Waals surface area contributed by atoms with Gasteiger partial charge in [0.2, 0.25) is 0 Å². The van der Waals surface area contributed by atoms with E-state index < -0.39 is 30.9 Å². The SMILES string of the molecule is O=C(COC(=O)COc1ccccc1F)NC[C@H]1COc2ccccc2O1. The summed E-state index contributed by atoms with van der Waals surface area (Å²) >= 11 is 0. The second kappa shape index (κ2) is 8.88. The number of ether oxygens (including phenoxy) is 4. The van der Waals surface area contributed by atoms with Gasteiger partial charge in [-0.15, -0.1) is 0 Å². The molecule has 1 N–H and O–H groups in total. The highest BCUT2D eigenvalue weighted by molar-refractivity contribution is 5.80. The molecule has 1 atom stereocenters. The highest BCUT2D eigenvalue weighted by Gasteiger charge is 2.21. The van der Waals surface area contributed by atoms with Crippen LogP contribution in [0.2, 0.25) is 0 Å². The van der Waals surface area contributed by atoms with Crippen molar-refractivity contribution >= 4 is 11.9 Å². The van der Waals surface area contributed by atoms with Gasteiger partial charge in [0.1, 0.15) is 12.7 Å². The number of halogens is 1.